The number of phosphoric acid groups is 1. The number of hydrogen-bond donors (Lipinski definition) is 3. The number of rotatable bonds is 60. The summed E-state index contributed by atoms with van der Waals surface area (Å²) in [7, 11) is 1.63. The molecule has 3 atom stereocenters. The number of likely N-dealkylation sites (N-methyl/N-ethyl adjacent to an activating group) is 1. The second kappa shape index (κ2) is 55.7. The number of aliphatic hydroxyl groups excluding tert-OH is 1. The molecule has 0 rings (SSSR count). The van der Waals surface area contributed by atoms with Gasteiger partial charge in [-0.2, -0.15) is 0 Å². The average molecular weight is 1050 g/mol. The Morgan fingerprint density at radius 3 is 1.12 bits per heavy atom. The molecular formula is C64H128N2O6P+. The van der Waals surface area contributed by atoms with E-state index in [0.717, 1.165) is 44.9 Å². The van der Waals surface area contributed by atoms with Crippen molar-refractivity contribution >= 4 is 13.7 Å². The van der Waals surface area contributed by atoms with Gasteiger partial charge in [-0.05, 0) is 44.9 Å². The van der Waals surface area contributed by atoms with Crippen molar-refractivity contribution in [1.82, 2.24) is 5.32 Å². The van der Waals surface area contributed by atoms with Gasteiger partial charge in [0.15, 0.2) is 0 Å². The number of nitrogens with one attached hydrogen (secondary N) is 1. The highest BCUT2D eigenvalue weighted by Crippen LogP contribution is 2.43. The highest BCUT2D eigenvalue weighted by Gasteiger charge is 2.28. The van der Waals surface area contributed by atoms with Gasteiger partial charge >= 0.3 is 7.82 Å². The second-order valence-corrected chi connectivity index (χ2v) is 25.0. The summed E-state index contributed by atoms with van der Waals surface area (Å²) in [4.78, 5) is 23.3. The number of allylic oxidation sites excluding steroid dienone is 4. The van der Waals surface area contributed by atoms with E-state index in [2.05, 4.69) is 43.5 Å². The van der Waals surface area contributed by atoms with Gasteiger partial charge in [0.25, 0.3) is 0 Å². The van der Waals surface area contributed by atoms with Crippen LogP contribution in [0.3, 0.4) is 0 Å². The summed E-state index contributed by atoms with van der Waals surface area (Å²) in [5.41, 5.74) is 0. The lowest BCUT2D eigenvalue weighted by Crippen LogP contribution is -2.46. The van der Waals surface area contributed by atoms with Gasteiger partial charge < -0.3 is 19.8 Å². The monoisotopic (exact) mass is 1050 g/mol. The van der Waals surface area contributed by atoms with Crippen molar-refractivity contribution in [2.24, 2.45) is 0 Å². The van der Waals surface area contributed by atoms with Crippen LogP contribution in [-0.2, 0) is 18.4 Å². The molecule has 1 amide bonds. The maximum atomic E-state index is 13.0. The van der Waals surface area contributed by atoms with Gasteiger partial charge in [-0.15, -0.1) is 0 Å². The topological polar surface area (TPSA) is 105 Å². The molecule has 3 N–H and O–H groups in total. The van der Waals surface area contributed by atoms with Gasteiger partial charge in [0.1, 0.15) is 13.2 Å². The van der Waals surface area contributed by atoms with Gasteiger partial charge in [0.05, 0.1) is 39.9 Å². The first kappa shape index (κ1) is 72.0. The Labute approximate surface area is 455 Å². The zero-order valence-electron chi connectivity index (χ0n) is 49.7. The van der Waals surface area contributed by atoms with E-state index >= 15 is 0 Å². The number of unbranched alkanes of at least 4 members (excludes halogenated alkanes) is 43. The van der Waals surface area contributed by atoms with Crippen LogP contribution in [0.15, 0.2) is 24.3 Å². The van der Waals surface area contributed by atoms with E-state index in [1.54, 1.807) is 0 Å². The minimum atomic E-state index is -4.32. The number of phosphoric ester groups is 1. The molecule has 0 bridgehead atoms. The fraction of sp³-hybridized carbons (Fsp3) is 0.922. The predicted molar refractivity (Wildman–Crippen MR) is 318 cm³/mol. The van der Waals surface area contributed by atoms with E-state index in [9.17, 15) is 19.4 Å². The van der Waals surface area contributed by atoms with Crippen LogP contribution in [-0.4, -0.2) is 73.4 Å². The van der Waals surface area contributed by atoms with Crippen molar-refractivity contribution < 1.29 is 32.9 Å². The number of quaternary nitrogens is 1. The molecule has 0 aromatic carbocycles. The van der Waals surface area contributed by atoms with Gasteiger partial charge in [0.2, 0.25) is 5.91 Å². The smallest absolute Gasteiger partial charge is 0.391 e. The van der Waals surface area contributed by atoms with E-state index in [0.29, 0.717) is 23.9 Å². The molecule has 0 fully saturated rings. The number of carbonyl (C=O) groups is 1. The lowest BCUT2D eigenvalue weighted by molar-refractivity contribution is -0.870. The summed E-state index contributed by atoms with van der Waals surface area (Å²) in [6, 6.07) is -0.756. The van der Waals surface area contributed by atoms with Crippen molar-refractivity contribution in [2.45, 2.75) is 341 Å². The molecule has 0 aromatic rings. The Balaban J connectivity index is 3.81. The molecule has 9 heteroatoms. The summed E-state index contributed by atoms with van der Waals surface area (Å²) >= 11 is 0. The number of carbonyl (C=O) groups excluding carboxylic acids is 1. The summed E-state index contributed by atoms with van der Waals surface area (Å²) in [6.07, 6.45) is 71.4. The lowest BCUT2D eigenvalue weighted by atomic mass is 10.0. The Morgan fingerprint density at radius 1 is 0.466 bits per heavy atom. The van der Waals surface area contributed by atoms with E-state index in [4.69, 9.17) is 9.05 Å². The largest absolute Gasteiger partial charge is 0.472 e. The van der Waals surface area contributed by atoms with Crippen LogP contribution in [0.25, 0.3) is 0 Å². The Morgan fingerprint density at radius 2 is 0.781 bits per heavy atom. The van der Waals surface area contributed by atoms with E-state index in [1.807, 2.05) is 21.1 Å². The van der Waals surface area contributed by atoms with Crippen LogP contribution in [0.5, 0.6) is 0 Å². The Kier molecular flexibility index (Phi) is 54.9. The average Bonchev–Trinajstić information content (AvgIpc) is 3.35. The number of aliphatic hydroxyl groups is 1. The fourth-order valence-electron chi connectivity index (χ4n) is 9.90. The minimum Gasteiger partial charge on any atom is -0.391 e. The van der Waals surface area contributed by atoms with Gasteiger partial charge in [0, 0.05) is 6.42 Å². The van der Waals surface area contributed by atoms with Crippen LogP contribution in [0.1, 0.15) is 328 Å². The first-order chi connectivity index (χ1) is 35.5. The minimum absolute atomic E-state index is 0.0776. The first-order valence-electron chi connectivity index (χ1n) is 32.2. The quantitative estimate of drug-likeness (QED) is 0.0243. The Hall–Kier alpha value is -1.02. The zero-order chi connectivity index (χ0) is 53.5. The van der Waals surface area contributed by atoms with Gasteiger partial charge in [-0.25, -0.2) is 4.57 Å². The molecule has 3 unspecified atom stereocenters. The van der Waals surface area contributed by atoms with Crippen LogP contribution >= 0.6 is 7.82 Å². The molecule has 73 heavy (non-hydrogen) atoms. The number of hydrogen-bond acceptors (Lipinski definition) is 5. The fourth-order valence-corrected chi connectivity index (χ4v) is 10.6. The van der Waals surface area contributed by atoms with Crippen LogP contribution in [0.2, 0.25) is 0 Å². The number of amides is 1. The SMILES string of the molecule is CCCCCCC/C=C\C/C=C\CCCCCCCCCCCCCCCCCCCCCCCCCCCCCC(=O)NC(COP(=O)(O)OCC[N+](C)(C)C)C(O)CCCCCCCCCCCCCC. The van der Waals surface area contributed by atoms with Crippen molar-refractivity contribution in [1.29, 1.82) is 0 Å². The van der Waals surface area contributed by atoms with Gasteiger partial charge in [-0.1, -0.05) is 301 Å². The molecule has 0 saturated carbocycles. The molecule has 0 radical (unpaired) electrons. The molecular weight excluding hydrogens is 924 g/mol. The number of nitrogens with zero attached hydrogens (tertiary/aromatic N) is 1. The highest BCUT2D eigenvalue weighted by molar-refractivity contribution is 7.47. The van der Waals surface area contributed by atoms with Crippen molar-refractivity contribution in [3.63, 3.8) is 0 Å². The standard InChI is InChI=1S/C64H127N2O6P/c1-6-8-10-12-14-16-18-20-21-22-23-24-25-26-27-28-29-30-31-32-33-34-35-36-37-38-39-40-41-42-43-44-45-46-48-50-52-54-56-58-64(68)65-62(61-72-73(69,70)71-60-59-66(3,4)5)63(67)57-55-53-51-49-47-19-17-15-13-11-9-7-2/h18,20,22-23,62-63,67H,6-17,19,21,24-61H2,1-5H3,(H-,65,68,69,70)/p+1/b20-18-,23-22-. The molecule has 0 heterocycles. The third kappa shape index (κ3) is 58.5. The molecule has 0 aromatic heterocycles. The van der Waals surface area contributed by atoms with Crippen molar-refractivity contribution in [3.8, 4) is 0 Å². The molecule has 434 valence electrons. The maximum Gasteiger partial charge on any atom is 0.472 e. The summed E-state index contributed by atoms with van der Waals surface area (Å²) in [5, 5.41) is 14.0. The van der Waals surface area contributed by atoms with E-state index < -0.39 is 20.0 Å². The van der Waals surface area contributed by atoms with Crippen LogP contribution in [0.4, 0.5) is 0 Å². The van der Waals surface area contributed by atoms with Crippen LogP contribution in [0, 0.1) is 0 Å². The lowest BCUT2D eigenvalue weighted by Gasteiger charge is -2.26. The molecule has 0 aliphatic heterocycles. The van der Waals surface area contributed by atoms with E-state index in [-0.39, 0.29) is 19.1 Å². The molecule has 0 aliphatic rings. The summed E-state index contributed by atoms with van der Waals surface area (Å²) < 4.78 is 23.7. The normalized spacial score (nSPS) is 13.9. The third-order valence-corrected chi connectivity index (χ3v) is 15.9. The maximum absolute atomic E-state index is 13.0. The molecule has 0 saturated heterocycles. The van der Waals surface area contributed by atoms with Crippen molar-refractivity contribution in [3.05, 3.63) is 24.3 Å². The summed E-state index contributed by atoms with van der Waals surface area (Å²) in [5.74, 6) is -0.138. The highest BCUT2D eigenvalue weighted by atomic mass is 31.2. The zero-order valence-corrected chi connectivity index (χ0v) is 50.5. The predicted octanol–water partition coefficient (Wildman–Crippen LogP) is 19.9. The second-order valence-electron chi connectivity index (χ2n) is 23.5. The molecule has 0 spiro atoms. The molecule has 0 aliphatic carbocycles. The third-order valence-electron chi connectivity index (χ3n) is 15.0. The van der Waals surface area contributed by atoms with Crippen LogP contribution < -0.4 is 5.32 Å². The summed E-state index contributed by atoms with van der Waals surface area (Å²) in [6.45, 7) is 4.91. The first-order valence-corrected chi connectivity index (χ1v) is 33.7. The Bertz CT molecular complexity index is 1240. The molecule has 8 nitrogen and oxygen atoms in total. The van der Waals surface area contributed by atoms with E-state index in [1.165, 1.54) is 257 Å². The van der Waals surface area contributed by atoms with Gasteiger partial charge in [-0.3, -0.25) is 13.8 Å². The van der Waals surface area contributed by atoms with Crippen molar-refractivity contribution in [2.75, 3.05) is 40.9 Å².